The maximum Gasteiger partial charge on any atom is 0.258 e. The van der Waals surface area contributed by atoms with Crippen molar-refractivity contribution in [2.24, 2.45) is 0 Å². The van der Waals surface area contributed by atoms with Crippen molar-refractivity contribution in [2.75, 3.05) is 6.61 Å². The minimum Gasteiger partial charge on any atom is -0.484 e. The van der Waals surface area contributed by atoms with Gasteiger partial charge < -0.3 is 10.1 Å². The zero-order valence-electron chi connectivity index (χ0n) is 15.2. The number of aromatic nitrogens is 2. The molecule has 2 aromatic rings. The molecule has 0 radical (unpaired) electrons. The van der Waals surface area contributed by atoms with E-state index in [1.807, 2.05) is 13.0 Å². The normalized spacial score (nSPS) is 11.2. The first-order valence-corrected chi connectivity index (χ1v) is 8.37. The second kappa shape index (κ2) is 7.96. The first-order valence-electron chi connectivity index (χ1n) is 8.37. The number of hydrogen-bond acceptors (Lipinski definition) is 4. The second-order valence-corrected chi connectivity index (χ2v) is 6.89. The number of ether oxygens (including phenoxy) is 1. The molecule has 1 heterocycles. The zero-order chi connectivity index (χ0) is 18.4. The first-order chi connectivity index (χ1) is 11.8. The van der Waals surface area contributed by atoms with E-state index in [0.29, 0.717) is 24.3 Å². The van der Waals surface area contributed by atoms with Crippen LogP contribution in [0.25, 0.3) is 0 Å². The summed E-state index contributed by atoms with van der Waals surface area (Å²) in [5.74, 6) is 0.415. The molecule has 0 atom stereocenters. The highest BCUT2D eigenvalue weighted by atomic mass is 16.5. The molecular formula is C19H25N3O3. The Labute approximate surface area is 148 Å². The molecule has 0 unspecified atom stereocenters. The van der Waals surface area contributed by atoms with Crippen LogP contribution in [-0.2, 0) is 16.8 Å². The van der Waals surface area contributed by atoms with Crippen molar-refractivity contribution in [3.63, 3.8) is 0 Å². The highest BCUT2D eigenvalue weighted by Crippen LogP contribution is 2.20. The molecule has 0 saturated heterocycles. The maximum atomic E-state index is 11.9. The molecular weight excluding hydrogens is 318 g/mol. The first kappa shape index (κ1) is 18.7. The molecule has 134 valence electrons. The number of H-pyrrole nitrogens is 1. The molecule has 0 aliphatic heterocycles. The van der Waals surface area contributed by atoms with E-state index in [4.69, 9.17) is 4.74 Å². The molecule has 2 rings (SSSR count). The number of ketones is 1. The number of rotatable bonds is 7. The van der Waals surface area contributed by atoms with E-state index in [1.54, 1.807) is 24.3 Å². The number of aromatic amines is 1. The number of nitrogens with one attached hydrogen (secondary N) is 2. The summed E-state index contributed by atoms with van der Waals surface area (Å²) in [7, 11) is 0. The number of Topliss-reactive ketones (excluding diaryl/α,β-unsaturated/α-hetero) is 1. The Hall–Kier alpha value is -2.63. The summed E-state index contributed by atoms with van der Waals surface area (Å²) in [6.07, 6.45) is 0.465. The van der Waals surface area contributed by atoms with Crippen LogP contribution in [0.2, 0.25) is 0 Å². The van der Waals surface area contributed by atoms with Gasteiger partial charge in [-0.3, -0.25) is 14.7 Å². The van der Waals surface area contributed by atoms with Crippen LogP contribution in [0.3, 0.4) is 0 Å². The molecule has 1 amide bonds. The van der Waals surface area contributed by atoms with E-state index < -0.39 is 0 Å². The van der Waals surface area contributed by atoms with Crippen molar-refractivity contribution in [3.8, 4) is 5.75 Å². The summed E-state index contributed by atoms with van der Waals surface area (Å²) in [5.41, 5.74) is 2.41. The molecule has 2 N–H and O–H groups in total. The Morgan fingerprint density at radius 1 is 1.20 bits per heavy atom. The van der Waals surface area contributed by atoms with Crippen LogP contribution in [0.15, 0.2) is 30.3 Å². The molecule has 6 heteroatoms. The predicted octanol–water partition coefficient (Wildman–Crippen LogP) is 3.00. The number of amides is 1. The van der Waals surface area contributed by atoms with Crippen LogP contribution in [0.5, 0.6) is 5.75 Å². The third-order valence-corrected chi connectivity index (χ3v) is 3.74. The molecule has 0 fully saturated rings. The van der Waals surface area contributed by atoms with Crippen molar-refractivity contribution >= 4 is 11.7 Å². The quantitative estimate of drug-likeness (QED) is 0.757. The van der Waals surface area contributed by atoms with Gasteiger partial charge in [0.25, 0.3) is 5.91 Å². The van der Waals surface area contributed by atoms with Gasteiger partial charge in [-0.25, -0.2) is 0 Å². The van der Waals surface area contributed by atoms with Crippen LogP contribution < -0.4 is 10.1 Å². The van der Waals surface area contributed by atoms with Gasteiger partial charge in [0.2, 0.25) is 0 Å². The van der Waals surface area contributed by atoms with Crippen LogP contribution in [0.1, 0.15) is 55.9 Å². The third-order valence-electron chi connectivity index (χ3n) is 3.74. The van der Waals surface area contributed by atoms with Crippen molar-refractivity contribution in [1.82, 2.24) is 15.5 Å². The smallest absolute Gasteiger partial charge is 0.258 e. The van der Waals surface area contributed by atoms with Gasteiger partial charge in [0.15, 0.2) is 12.4 Å². The lowest BCUT2D eigenvalue weighted by Gasteiger charge is -2.13. The lowest BCUT2D eigenvalue weighted by atomic mass is 9.92. The number of hydrogen-bond donors (Lipinski definition) is 2. The van der Waals surface area contributed by atoms with Gasteiger partial charge in [-0.2, -0.15) is 5.10 Å². The van der Waals surface area contributed by atoms with Crippen LogP contribution in [0, 0.1) is 0 Å². The van der Waals surface area contributed by atoms with Crippen LogP contribution in [-0.4, -0.2) is 28.5 Å². The second-order valence-electron chi connectivity index (χ2n) is 6.89. The van der Waals surface area contributed by atoms with E-state index in [1.165, 1.54) is 0 Å². The molecule has 25 heavy (non-hydrogen) atoms. The molecule has 1 aromatic heterocycles. The summed E-state index contributed by atoms with van der Waals surface area (Å²) < 4.78 is 5.43. The van der Waals surface area contributed by atoms with Gasteiger partial charge in [0.1, 0.15) is 5.75 Å². The monoisotopic (exact) mass is 343 g/mol. The fourth-order valence-electron chi connectivity index (χ4n) is 2.17. The lowest BCUT2D eigenvalue weighted by Crippen LogP contribution is -2.28. The third kappa shape index (κ3) is 5.45. The number of nitrogens with zero attached hydrogens (tertiary/aromatic N) is 1. The van der Waals surface area contributed by atoms with Gasteiger partial charge in [-0.15, -0.1) is 0 Å². The van der Waals surface area contributed by atoms with E-state index in [2.05, 4.69) is 36.3 Å². The van der Waals surface area contributed by atoms with E-state index in [9.17, 15) is 9.59 Å². The van der Waals surface area contributed by atoms with Gasteiger partial charge in [-0.05, 0) is 30.3 Å². The van der Waals surface area contributed by atoms with Crippen LogP contribution in [0.4, 0.5) is 0 Å². The van der Waals surface area contributed by atoms with Crippen molar-refractivity contribution in [3.05, 3.63) is 47.3 Å². The average Bonchev–Trinajstić information content (AvgIpc) is 3.07. The van der Waals surface area contributed by atoms with Crippen molar-refractivity contribution in [1.29, 1.82) is 0 Å². The molecule has 0 saturated carbocycles. The summed E-state index contributed by atoms with van der Waals surface area (Å²) in [6.45, 7) is 8.36. The van der Waals surface area contributed by atoms with E-state index in [-0.39, 0.29) is 23.7 Å². The number of carbonyl (C=O) groups is 2. The standard InChI is InChI=1S/C19H25N3O3/c1-5-16(23)13-6-8-15(9-7-13)25-12-18(24)20-11-14-10-17(22-21-14)19(2,3)4/h6-10H,5,11-12H2,1-4H3,(H,20,24)(H,21,22). The van der Waals surface area contributed by atoms with Crippen LogP contribution >= 0.6 is 0 Å². The fourth-order valence-corrected chi connectivity index (χ4v) is 2.17. The largest absolute Gasteiger partial charge is 0.484 e. The Kier molecular flexibility index (Phi) is 5.96. The lowest BCUT2D eigenvalue weighted by molar-refractivity contribution is -0.123. The van der Waals surface area contributed by atoms with E-state index in [0.717, 1.165) is 11.4 Å². The van der Waals surface area contributed by atoms with Gasteiger partial charge in [-0.1, -0.05) is 27.7 Å². The minimum atomic E-state index is -0.222. The Bertz CT molecular complexity index is 727. The van der Waals surface area contributed by atoms with E-state index >= 15 is 0 Å². The van der Waals surface area contributed by atoms with Crippen molar-refractivity contribution in [2.45, 2.75) is 46.1 Å². The SMILES string of the molecule is CCC(=O)c1ccc(OCC(=O)NCc2cc(C(C)(C)C)n[nH]2)cc1. The molecule has 6 nitrogen and oxygen atoms in total. The number of benzene rings is 1. The van der Waals surface area contributed by atoms with Gasteiger partial charge in [0, 0.05) is 17.4 Å². The molecule has 0 aliphatic rings. The Morgan fingerprint density at radius 2 is 1.88 bits per heavy atom. The topological polar surface area (TPSA) is 84.1 Å². The highest BCUT2D eigenvalue weighted by molar-refractivity contribution is 5.95. The fraction of sp³-hybridized carbons (Fsp3) is 0.421. The zero-order valence-corrected chi connectivity index (χ0v) is 15.2. The van der Waals surface area contributed by atoms with Crippen molar-refractivity contribution < 1.29 is 14.3 Å². The maximum absolute atomic E-state index is 11.9. The molecule has 0 bridgehead atoms. The molecule has 1 aromatic carbocycles. The number of carbonyl (C=O) groups excluding carboxylic acids is 2. The van der Waals surface area contributed by atoms with Gasteiger partial charge in [0.05, 0.1) is 17.9 Å². The Balaban J connectivity index is 1.79. The summed E-state index contributed by atoms with van der Waals surface area (Å²) in [5, 5.41) is 9.96. The Morgan fingerprint density at radius 3 is 2.44 bits per heavy atom. The summed E-state index contributed by atoms with van der Waals surface area (Å²) in [6, 6.07) is 8.75. The molecule has 0 aliphatic carbocycles. The minimum absolute atomic E-state index is 0.0345. The summed E-state index contributed by atoms with van der Waals surface area (Å²) in [4.78, 5) is 23.5. The predicted molar refractivity (Wildman–Crippen MR) is 95.7 cm³/mol. The summed E-state index contributed by atoms with van der Waals surface area (Å²) >= 11 is 0. The average molecular weight is 343 g/mol. The molecule has 0 spiro atoms. The van der Waals surface area contributed by atoms with Gasteiger partial charge >= 0.3 is 0 Å². The highest BCUT2D eigenvalue weighted by Gasteiger charge is 2.17.